The number of benzene rings is 1. The molecule has 122 valence electrons. The van der Waals surface area contributed by atoms with Crippen LogP contribution in [0.25, 0.3) is 0 Å². The summed E-state index contributed by atoms with van der Waals surface area (Å²) >= 11 is 3.58. The molecule has 0 bridgehead atoms. The number of nitrogens with zero attached hydrogens (tertiary/aromatic N) is 1. The van der Waals surface area contributed by atoms with Crippen LogP contribution in [0.4, 0.5) is 0 Å². The van der Waals surface area contributed by atoms with Gasteiger partial charge in [0.05, 0.1) is 12.2 Å². The van der Waals surface area contributed by atoms with Gasteiger partial charge in [-0.2, -0.15) is 0 Å². The van der Waals surface area contributed by atoms with Crippen LogP contribution in [0.5, 0.6) is 5.75 Å². The number of carbonyl (C=O) groups is 1. The highest BCUT2D eigenvalue weighted by atomic mass is 79.9. The van der Waals surface area contributed by atoms with Crippen molar-refractivity contribution in [3.8, 4) is 5.75 Å². The van der Waals surface area contributed by atoms with Gasteiger partial charge in [0.1, 0.15) is 5.75 Å². The average Bonchev–Trinajstić information content (AvgIpc) is 2.46. The minimum atomic E-state index is 0.0135. The van der Waals surface area contributed by atoms with E-state index in [4.69, 9.17) is 9.47 Å². The Kier molecular flexibility index (Phi) is 5.50. The molecule has 0 spiro atoms. The number of rotatable bonds is 3. The van der Waals surface area contributed by atoms with Crippen LogP contribution in [0.3, 0.4) is 0 Å². The summed E-state index contributed by atoms with van der Waals surface area (Å²) in [5.41, 5.74) is 3.32. The highest BCUT2D eigenvalue weighted by Crippen LogP contribution is 2.31. The molecule has 1 aromatic carbocycles. The summed E-state index contributed by atoms with van der Waals surface area (Å²) in [5, 5.41) is 0. The molecule has 1 saturated heterocycles. The molecule has 1 aliphatic heterocycles. The predicted octanol–water partition coefficient (Wildman–Crippen LogP) is 3.39. The van der Waals surface area contributed by atoms with Crippen molar-refractivity contribution in [2.45, 2.75) is 46.8 Å². The van der Waals surface area contributed by atoms with Gasteiger partial charge in [0, 0.05) is 17.6 Å². The fraction of sp³-hybridized carbons (Fsp3) is 0.588. The monoisotopic (exact) mass is 369 g/mol. The Hall–Kier alpha value is -1.07. The van der Waals surface area contributed by atoms with E-state index in [-0.39, 0.29) is 24.7 Å². The predicted molar refractivity (Wildman–Crippen MR) is 90.4 cm³/mol. The van der Waals surface area contributed by atoms with Crippen molar-refractivity contribution < 1.29 is 14.3 Å². The van der Waals surface area contributed by atoms with Crippen molar-refractivity contribution >= 4 is 21.8 Å². The summed E-state index contributed by atoms with van der Waals surface area (Å²) in [6.45, 7) is 11.4. The molecule has 1 aromatic rings. The zero-order valence-corrected chi connectivity index (χ0v) is 15.5. The first-order valence-corrected chi connectivity index (χ1v) is 8.41. The van der Waals surface area contributed by atoms with Crippen LogP contribution in [0.2, 0.25) is 0 Å². The van der Waals surface area contributed by atoms with Crippen LogP contribution >= 0.6 is 15.9 Å². The normalized spacial score (nSPS) is 21.8. The van der Waals surface area contributed by atoms with Crippen molar-refractivity contribution in [3.05, 3.63) is 27.2 Å². The molecular formula is C17H24BrNO3. The van der Waals surface area contributed by atoms with Gasteiger partial charge in [-0.25, -0.2) is 0 Å². The lowest BCUT2D eigenvalue weighted by Crippen LogP contribution is -2.49. The molecule has 1 aliphatic rings. The maximum atomic E-state index is 12.3. The Morgan fingerprint density at radius 3 is 2.45 bits per heavy atom. The van der Waals surface area contributed by atoms with Crippen molar-refractivity contribution in [1.82, 2.24) is 4.90 Å². The molecule has 2 atom stereocenters. The molecule has 0 N–H and O–H groups in total. The third-order valence-electron chi connectivity index (χ3n) is 4.08. The Labute approximate surface area is 140 Å². The van der Waals surface area contributed by atoms with E-state index in [1.54, 1.807) is 0 Å². The van der Waals surface area contributed by atoms with Crippen LogP contribution in [0.1, 0.15) is 30.5 Å². The van der Waals surface area contributed by atoms with Gasteiger partial charge >= 0.3 is 0 Å². The summed E-state index contributed by atoms with van der Waals surface area (Å²) in [6.07, 6.45) is 0.151. The third kappa shape index (κ3) is 3.82. The van der Waals surface area contributed by atoms with Gasteiger partial charge in [0.25, 0.3) is 5.91 Å². The summed E-state index contributed by atoms with van der Waals surface area (Å²) in [6, 6.07) is 1.98. The lowest BCUT2D eigenvalue weighted by Gasteiger charge is -2.35. The van der Waals surface area contributed by atoms with E-state index < -0.39 is 0 Å². The molecule has 1 amide bonds. The first-order valence-electron chi connectivity index (χ1n) is 7.62. The first-order chi connectivity index (χ1) is 10.3. The lowest BCUT2D eigenvalue weighted by molar-refractivity contribution is -0.145. The Balaban J connectivity index is 2.02. The average molecular weight is 370 g/mol. The van der Waals surface area contributed by atoms with Gasteiger partial charge in [-0.05, 0) is 57.4 Å². The second-order valence-electron chi connectivity index (χ2n) is 6.10. The molecule has 0 aliphatic carbocycles. The van der Waals surface area contributed by atoms with E-state index in [9.17, 15) is 4.79 Å². The number of hydrogen-bond donors (Lipinski definition) is 0. The van der Waals surface area contributed by atoms with Gasteiger partial charge in [-0.3, -0.25) is 4.79 Å². The number of hydrogen-bond acceptors (Lipinski definition) is 3. The van der Waals surface area contributed by atoms with Crippen molar-refractivity contribution in [2.75, 3.05) is 19.7 Å². The largest absolute Gasteiger partial charge is 0.483 e. The molecule has 0 saturated carbocycles. The molecule has 22 heavy (non-hydrogen) atoms. The van der Waals surface area contributed by atoms with Crippen LogP contribution in [-0.2, 0) is 9.53 Å². The second kappa shape index (κ2) is 7.01. The van der Waals surface area contributed by atoms with Gasteiger partial charge in [-0.15, -0.1) is 0 Å². The van der Waals surface area contributed by atoms with E-state index >= 15 is 0 Å². The van der Waals surface area contributed by atoms with E-state index in [2.05, 4.69) is 15.9 Å². The quantitative estimate of drug-likeness (QED) is 0.819. The Bertz CT molecular complexity index is 564. The molecule has 0 radical (unpaired) electrons. The number of ether oxygens (including phenoxy) is 2. The van der Waals surface area contributed by atoms with Gasteiger partial charge < -0.3 is 14.4 Å². The number of carbonyl (C=O) groups excluding carboxylic acids is 1. The standard InChI is InChI=1S/C17H24BrNO3/c1-10-6-15(13(4)14(5)17(10)18)21-9-16(20)19-7-11(2)22-12(3)8-19/h6,11-12H,7-9H2,1-5H3. The number of morpholine rings is 1. The van der Waals surface area contributed by atoms with Gasteiger partial charge in [-0.1, -0.05) is 15.9 Å². The summed E-state index contributed by atoms with van der Waals surface area (Å²) in [4.78, 5) is 14.2. The van der Waals surface area contributed by atoms with Crippen LogP contribution in [-0.4, -0.2) is 42.7 Å². The van der Waals surface area contributed by atoms with Crippen molar-refractivity contribution in [3.63, 3.8) is 0 Å². The van der Waals surface area contributed by atoms with E-state index in [0.29, 0.717) is 13.1 Å². The smallest absolute Gasteiger partial charge is 0.260 e. The summed E-state index contributed by atoms with van der Waals surface area (Å²) < 4.78 is 12.5. The number of aryl methyl sites for hydroxylation is 1. The SMILES string of the molecule is Cc1cc(OCC(=O)N2CC(C)OC(C)C2)c(C)c(C)c1Br. The van der Waals surface area contributed by atoms with Gasteiger partial charge in [0.2, 0.25) is 0 Å². The van der Waals surface area contributed by atoms with Crippen LogP contribution in [0, 0.1) is 20.8 Å². The summed E-state index contributed by atoms with van der Waals surface area (Å²) in [7, 11) is 0. The van der Waals surface area contributed by atoms with Crippen LogP contribution in [0.15, 0.2) is 10.5 Å². The summed E-state index contributed by atoms with van der Waals surface area (Å²) in [5.74, 6) is 0.792. The van der Waals surface area contributed by atoms with E-state index in [0.717, 1.165) is 26.9 Å². The molecule has 0 aromatic heterocycles. The number of halogens is 1. The Morgan fingerprint density at radius 2 is 1.86 bits per heavy atom. The maximum absolute atomic E-state index is 12.3. The molecule has 1 fully saturated rings. The van der Waals surface area contributed by atoms with Gasteiger partial charge in [0.15, 0.2) is 6.61 Å². The topological polar surface area (TPSA) is 38.8 Å². The maximum Gasteiger partial charge on any atom is 0.260 e. The van der Waals surface area contributed by atoms with Crippen molar-refractivity contribution in [1.29, 1.82) is 0 Å². The van der Waals surface area contributed by atoms with E-state index in [1.165, 1.54) is 0 Å². The molecule has 2 rings (SSSR count). The van der Waals surface area contributed by atoms with Crippen molar-refractivity contribution in [2.24, 2.45) is 0 Å². The molecule has 1 heterocycles. The minimum absolute atomic E-state index is 0.0135. The second-order valence-corrected chi connectivity index (χ2v) is 6.89. The fourth-order valence-corrected chi connectivity index (χ4v) is 3.19. The first kappa shape index (κ1) is 17.3. The minimum Gasteiger partial charge on any atom is -0.483 e. The zero-order valence-electron chi connectivity index (χ0n) is 13.9. The van der Waals surface area contributed by atoms with Crippen LogP contribution < -0.4 is 4.74 Å². The zero-order chi connectivity index (χ0) is 16.4. The van der Waals surface area contributed by atoms with E-state index in [1.807, 2.05) is 45.6 Å². The third-order valence-corrected chi connectivity index (χ3v) is 5.30. The highest BCUT2D eigenvalue weighted by Gasteiger charge is 2.26. The Morgan fingerprint density at radius 1 is 1.27 bits per heavy atom. The molecular weight excluding hydrogens is 346 g/mol. The molecule has 5 heteroatoms. The highest BCUT2D eigenvalue weighted by molar-refractivity contribution is 9.10. The number of amides is 1. The molecule has 4 nitrogen and oxygen atoms in total. The fourth-order valence-electron chi connectivity index (χ4n) is 2.78. The lowest BCUT2D eigenvalue weighted by atomic mass is 10.1. The molecule has 2 unspecified atom stereocenters.